The maximum atomic E-state index is 12.5. The van der Waals surface area contributed by atoms with Crippen molar-refractivity contribution in [1.82, 2.24) is 5.32 Å². The van der Waals surface area contributed by atoms with Crippen molar-refractivity contribution < 1.29 is 13.2 Å². The molecule has 0 heterocycles. The van der Waals surface area contributed by atoms with Gasteiger partial charge in [-0.25, -0.2) is 0 Å². The molecule has 0 amide bonds. The molecule has 1 fully saturated rings. The van der Waals surface area contributed by atoms with Crippen molar-refractivity contribution >= 4 is 11.8 Å². The predicted octanol–water partition coefficient (Wildman–Crippen LogP) is 4.49. The van der Waals surface area contributed by atoms with Gasteiger partial charge in [0.1, 0.15) is 0 Å². The third kappa shape index (κ3) is 5.02. The fourth-order valence-electron chi connectivity index (χ4n) is 2.57. The maximum Gasteiger partial charge on any atom is 0.391 e. The molecule has 0 bridgehead atoms. The fraction of sp³-hybridized carbons (Fsp3) is 0.600. The van der Waals surface area contributed by atoms with Crippen LogP contribution in [0.2, 0.25) is 0 Å². The lowest BCUT2D eigenvalue weighted by Gasteiger charge is -2.30. The van der Waals surface area contributed by atoms with Crippen molar-refractivity contribution in [2.45, 2.75) is 42.8 Å². The van der Waals surface area contributed by atoms with Crippen LogP contribution in [0.15, 0.2) is 35.2 Å². The molecule has 0 aliphatic heterocycles. The van der Waals surface area contributed by atoms with Gasteiger partial charge in [0.25, 0.3) is 0 Å². The summed E-state index contributed by atoms with van der Waals surface area (Å²) in [5, 5.41) is 3.38. The van der Waals surface area contributed by atoms with Crippen molar-refractivity contribution in [3.8, 4) is 0 Å². The lowest BCUT2D eigenvalue weighted by atomic mass is 9.85. The van der Waals surface area contributed by atoms with Gasteiger partial charge in [0.2, 0.25) is 0 Å². The zero-order chi connectivity index (χ0) is 14.4. The summed E-state index contributed by atoms with van der Waals surface area (Å²) in [7, 11) is 0. The van der Waals surface area contributed by atoms with E-state index in [9.17, 15) is 13.2 Å². The van der Waals surface area contributed by atoms with Crippen molar-refractivity contribution in [2.75, 3.05) is 12.3 Å². The standard InChI is InChI=1S/C15H20F3NS/c16-15(17,18)12-6-8-13(9-7-12)19-10-11-20-14-4-2-1-3-5-14/h1-5,12-13,19H,6-11H2. The fourth-order valence-corrected chi connectivity index (χ4v) is 3.38. The summed E-state index contributed by atoms with van der Waals surface area (Å²) in [5.41, 5.74) is 0. The minimum atomic E-state index is -4.01. The molecule has 0 saturated heterocycles. The van der Waals surface area contributed by atoms with Crippen LogP contribution in [-0.2, 0) is 0 Å². The van der Waals surface area contributed by atoms with E-state index in [1.54, 1.807) is 11.8 Å². The summed E-state index contributed by atoms with van der Waals surface area (Å²) >= 11 is 1.77. The van der Waals surface area contributed by atoms with Gasteiger partial charge in [0.15, 0.2) is 0 Å². The zero-order valence-corrected chi connectivity index (χ0v) is 12.1. The van der Waals surface area contributed by atoms with Crippen molar-refractivity contribution in [3.05, 3.63) is 30.3 Å². The lowest BCUT2D eigenvalue weighted by Crippen LogP contribution is -2.37. The van der Waals surface area contributed by atoms with E-state index in [1.165, 1.54) is 4.90 Å². The zero-order valence-electron chi connectivity index (χ0n) is 11.3. The van der Waals surface area contributed by atoms with E-state index in [-0.39, 0.29) is 18.9 Å². The molecule has 0 radical (unpaired) electrons. The number of halogens is 3. The molecule has 2 rings (SSSR count). The third-order valence-electron chi connectivity index (χ3n) is 3.74. The van der Waals surface area contributed by atoms with Crippen LogP contribution < -0.4 is 5.32 Å². The molecule has 0 unspecified atom stereocenters. The average molecular weight is 303 g/mol. The van der Waals surface area contributed by atoms with Crippen LogP contribution in [0.5, 0.6) is 0 Å². The Morgan fingerprint density at radius 3 is 2.30 bits per heavy atom. The summed E-state index contributed by atoms with van der Waals surface area (Å²) in [6.45, 7) is 0.848. The van der Waals surface area contributed by atoms with Crippen LogP contribution in [0.25, 0.3) is 0 Å². The van der Waals surface area contributed by atoms with Crippen molar-refractivity contribution in [2.24, 2.45) is 5.92 Å². The lowest BCUT2D eigenvalue weighted by molar-refractivity contribution is -0.182. The van der Waals surface area contributed by atoms with E-state index < -0.39 is 12.1 Å². The summed E-state index contributed by atoms with van der Waals surface area (Å²) in [4.78, 5) is 1.23. The normalized spacial score (nSPS) is 23.8. The van der Waals surface area contributed by atoms with Gasteiger partial charge in [0.05, 0.1) is 5.92 Å². The van der Waals surface area contributed by atoms with Gasteiger partial charge in [-0.05, 0) is 37.8 Å². The van der Waals surface area contributed by atoms with Gasteiger partial charge in [-0.3, -0.25) is 0 Å². The van der Waals surface area contributed by atoms with E-state index in [4.69, 9.17) is 0 Å². The molecule has 1 aliphatic carbocycles. The maximum absolute atomic E-state index is 12.5. The van der Waals surface area contributed by atoms with E-state index in [0.29, 0.717) is 12.8 Å². The highest BCUT2D eigenvalue weighted by atomic mass is 32.2. The first-order chi connectivity index (χ1) is 9.55. The smallest absolute Gasteiger partial charge is 0.313 e. The summed E-state index contributed by atoms with van der Waals surface area (Å²) in [6, 6.07) is 10.4. The van der Waals surface area contributed by atoms with Crippen LogP contribution in [0.4, 0.5) is 13.2 Å². The number of rotatable bonds is 5. The Labute approximate surface area is 122 Å². The monoisotopic (exact) mass is 303 g/mol. The van der Waals surface area contributed by atoms with E-state index in [0.717, 1.165) is 12.3 Å². The van der Waals surface area contributed by atoms with E-state index in [2.05, 4.69) is 17.4 Å². The molecule has 1 aromatic carbocycles. The second-order valence-electron chi connectivity index (χ2n) is 5.21. The van der Waals surface area contributed by atoms with Gasteiger partial charge >= 0.3 is 6.18 Å². The Kier molecular flexibility index (Phi) is 5.78. The number of hydrogen-bond donors (Lipinski definition) is 1. The second kappa shape index (κ2) is 7.36. The quantitative estimate of drug-likeness (QED) is 0.635. The Bertz CT molecular complexity index is 386. The van der Waals surface area contributed by atoms with Gasteiger partial charge in [0, 0.05) is 23.2 Å². The summed E-state index contributed by atoms with van der Waals surface area (Å²) in [5.74, 6) is -0.136. The Morgan fingerprint density at radius 1 is 1.05 bits per heavy atom. The van der Waals surface area contributed by atoms with Crippen molar-refractivity contribution in [1.29, 1.82) is 0 Å². The molecular formula is C15H20F3NS. The first-order valence-electron chi connectivity index (χ1n) is 7.03. The highest BCUT2D eigenvalue weighted by molar-refractivity contribution is 7.99. The molecule has 0 atom stereocenters. The minimum Gasteiger partial charge on any atom is -0.313 e. The Morgan fingerprint density at radius 2 is 1.70 bits per heavy atom. The molecule has 1 aromatic rings. The number of hydrogen-bond acceptors (Lipinski definition) is 2. The van der Waals surface area contributed by atoms with E-state index >= 15 is 0 Å². The van der Waals surface area contributed by atoms with Crippen LogP contribution >= 0.6 is 11.8 Å². The molecule has 1 aliphatic rings. The molecule has 112 valence electrons. The first-order valence-corrected chi connectivity index (χ1v) is 8.02. The molecule has 0 spiro atoms. The van der Waals surface area contributed by atoms with Crippen LogP contribution in [0.3, 0.4) is 0 Å². The van der Waals surface area contributed by atoms with Crippen molar-refractivity contribution in [3.63, 3.8) is 0 Å². The summed E-state index contributed by atoms with van der Waals surface area (Å²) in [6.07, 6.45) is -2.19. The van der Waals surface area contributed by atoms with Gasteiger partial charge < -0.3 is 5.32 Å². The molecule has 1 nitrogen and oxygen atoms in total. The molecule has 5 heteroatoms. The topological polar surface area (TPSA) is 12.0 Å². The highest BCUT2D eigenvalue weighted by Crippen LogP contribution is 2.37. The molecular weight excluding hydrogens is 283 g/mol. The minimum absolute atomic E-state index is 0.255. The number of thioether (sulfide) groups is 1. The SMILES string of the molecule is FC(F)(F)C1CCC(NCCSc2ccccc2)CC1. The van der Waals surface area contributed by atoms with Crippen LogP contribution in [-0.4, -0.2) is 24.5 Å². The average Bonchev–Trinajstić information content (AvgIpc) is 2.44. The predicted molar refractivity (Wildman–Crippen MR) is 77.0 cm³/mol. The van der Waals surface area contributed by atoms with Gasteiger partial charge in [-0.1, -0.05) is 18.2 Å². The second-order valence-corrected chi connectivity index (χ2v) is 6.37. The van der Waals surface area contributed by atoms with E-state index in [1.807, 2.05) is 18.2 Å². The molecule has 1 N–H and O–H groups in total. The Balaban J connectivity index is 1.60. The number of benzene rings is 1. The number of nitrogens with one attached hydrogen (secondary N) is 1. The first kappa shape index (κ1) is 15.7. The molecule has 20 heavy (non-hydrogen) atoms. The number of alkyl halides is 3. The Hall–Kier alpha value is -0.680. The van der Waals surface area contributed by atoms with Gasteiger partial charge in [-0.15, -0.1) is 11.8 Å². The summed E-state index contributed by atoms with van der Waals surface area (Å²) < 4.78 is 37.6. The van der Waals surface area contributed by atoms with Crippen LogP contribution in [0.1, 0.15) is 25.7 Å². The highest BCUT2D eigenvalue weighted by Gasteiger charge is 2.41. The molecule has 1 saturated carbocycles. The van der Waals surface area contributed by atoms with Gasteiger partial charge in [-0.2, -0.15) is 13.2 Å². The third-order valence-corrected chi connectivity index (χ3v) is 4.75. The largest absolute Gasteiger partial charge is 0.391 e. The molecule has 0 aromatic heterocycles. The van der Waals surface area contributed by atoms with Crippen LogP contribution in [0, 0.1) is 5.92 Å².